The number of fused-ring (bicyclic) bond motifs is 3. The van der Waals surface area contributed by atoms with Crippen LogP contribution in [0.5, 0.6) is 0 Å². The molecular weight excluding hydrogens is 453 g/mol. The number of halogens is 3. The number of ether oxygens (including phenoxy) is 1. The van der Waals surface area contributed by atoms with Crippen molar-refractivity contribution in [3.8, 4) is 11.1 Å². The van der Waals surface area contributed by atoms with E-state index in [4.69, 9.17) is 9.84 Å². The van der Waals surface area contributed by atoms with Gasteiger partial charge in [-0.05, 0) is 28.2 Å². The van der Waals surface area contributed by atoms with E-state index in [2.05, 4.69) is 5.32 Å². The highest BCUT2D eigenvalue weighted by Crippen LogP contribution is 2.44. The predicted octanol–water partition coefficient (Wildman–Crippen LogP) is 3.93. The van der Waals surface area contributed by atoms with Crippen molar-refractivity contribution in [1.29, 1.82) is 0 Å². The van der Waals surface area contributed by atoms with Crippen LogP contribution in [0.3, 0.4) is 0 Å². The fraction of sp³-hybridized carbons (Fsp3) is 0.375. The average Bonchev–Trinajstić information content (AvgIpc) is 3.08. The zero-order chi connectivity index (χ0) is 25.0. The predicted molar refractivity (Wildman–Crippen MR) is 117 cm³/mol. The third-order valence-electron chi connectivity index (χ3n) is 5.74. The van der Waals surface area contributed by atoms with Crippen molar-refractivity contribution in [3.05, 3.63) is 59.7 Å². The van der Waals surface area contributed by atoms with Gasteiger partial charge in [0.1, 0.15) is 12.6 Å². The molecule has 182 valence electrons. The number of rotatable bonds is 8. The molecule has 0 saturated heterocycles. The van der Waals surface area contributed by atoms with Gasteiger partial charge in [-0.3, -0.25) is 9.59 Å². The summed E-state index contributed by atoms with van der Waals surface area (Å²) in [7, 11) is 0. The second kappa shape index (κ2) is 10.1. The maximum atomic E-state index is 12.8. The summed E-state index contributed by atoms with van der Waals surface area (Å²) in [5.74, 6) is -6.47. The number of aliphatic carboxylic acids is 1. The summed E-state index contributed by atoms with van der Waals surface area (Å²) < 4.78 is 43.9. The molecule has 0 aliphatic heterocycles. The number of carbonyl (C=O) groups excluding carboxylic acids is 2. The summed E-state index contributed by atoms with van der Waals surface area (Å²) in [5.41, 5.74) is 4.09. The Labute approximate surface area is 194 Å². The molecule has 2 aromatic carbocycles. The molecule has 3 N–H and O–H groups in total. The number of benzene rings is 2. The second-order valence-electron chi connectivity index (χ2n) is 8.37. The molecule has 0 fully saturated rings. The first-order valence-electron chi connectivity index (χ1n) is 10.7. The first kappa shape index (κ1) is 25.1. The van der Waals surface area contributed by atoms with Crippen molar-refractivity contribution in [2.45, 2.75) is 32.0 Å². The molecule has 10 heteroatoms. The first-order valence-corrected chi connectivity index (χ1v) is 10.7. The Morgan fingerprint density at radius 3 is 2.00 bits per heavy atom. The number of nitrogens with one attached hydrogen (secondary N) is 2. The lowest BCUT2D eigenvalue weighted by Gasteiger charge is -2.23. The Balaban J connectivity index is 1.63. The molecule has 2 atom stereocenters. The van der Waals surface area contributed by atoms with Crippen molar-refractivity contribution in [2.24, 2.45) is 11.8 Å². The maximum Gasteiger partial charge on any atom is 0.407 e. The number of amides is 2. The second-order valence-corrected chi connectivity index (χ2v) is 8.37. The van der Waals surface area contributed by atoms with Gasteiger partial charge in [0, 0.05) is 12.5 Å². The summed E-state index contributed by atoms with van der Waals surface area (Å²) in [6.45, 7) is 2.04. The Bertz CT molecular complexity index is 1030. The molecule has 0 radical (unpaired) electrons. The summed E-state index contributed by atoms with van der Waals surface area (Å²) in [6.07, 6.45) is -5.92. The van der Waals surface area contributed by atoms with Crippen molar-refractivity contribution < 1.29 is 37.4 Å². The molecule has 0 bridgehead atoms. The molecule has 1 aliphatic rings. The molecule has 1 aliphatic carbocycles. The third-order valence-corrected chi connectivity index (χ3v) is 5.74. The van der Waals surface area contributed by atoms with E-state index in [-0.39, 0.29) is 12.5 Å². The molecule has 0 aromatic heterocycles. The van der Waals surface area contributed by atoms with E-state index in [1.54, 1.807) is 13.8 Å². The molecular formula is C24H25F3N2O5. The standard InChI is InChI=1S/C24H25F3N2O5/c1-13(2)20(21(30)28-11-19(22(31)32)24(25,26)27)29-23(33)34-12-18-16-9-5-3-7-14(16)15-8-4-6-10-17(15)18/h3-10,13,18-20H,11-12H2,1-2H3,(H,28,30)(H,29,33)(H,31,32). The molecule has 3 rings (SSSR count). The zero-order valence-corrected chi connectivity index (χ0v) is 18.6. The largest absolute Gasteiger partial charge is 0.481 e. The topological polar surface area (TPSA) is 105 Å². The van der Waals surface area contributed by atoms with Gasteiger partial charge in [-0.15, -0.1) is 0 Å². The van der Waals surface area contributed by atoms with Crippen molar-refractivity contribution >= 4 is 18.0 Å². The number of hydrogen-bond acceptors (Lipinski definition) is 4. The first-order chi connectivity index (χ1) is 16.0. The minimum atomic E-state index is -5.02. The molecule has 0 saturated carbocycles. The van der Waals surface area contributed by atoms with Crippen molar-refractivity contribution in [2.75, 3.05) is 13.2 Å². The van der Waals surface area contributed by atoms with E-state index < -0.39 is 48.6 Å². The number of carboxylic acids is 1. The van der Waals surface area contributed by atoms with Gasteiger partial charge in [0.15, 0.2) is 5.92 Å². The van der Waals surface area contributed by atoms with Gasteiger partial charge in [-0.25, -0.2) is 4.79 Å². The van der Waals surface area contributed by atoms with E-state index in [1.807, 2.05) is 53.8 Å². The Kier molecular flexibility index (Phi) is 7.48. The van der Waals surface area contributed by atoms with Crippen LogP contribution in [-0.4, -0.2) is 48.4 Å². The van der Waals surface area contributed by atoms with Crippen LogP contribution in [0.4, 0.5) is 18.0 Å². The highest BCUT2D eigenvalue weighted by atomic mass is 19.4. The van der Waals surface area contributed by atoms with Gasteiger partial charge < -0.3 is 20.5 Å². The van der Waals surface area contributed by atoms with Crippen LogP contribution in [0.1, 0.15) is 30.9 Å². The smallest absolute Gasteiger partial charge is 0.407 e. The lowest BCUT2D eigenvalue weighted by molar-refractivity contribution is -0.192. The van der Waals surface area contributed by atoms with E-state index >= 15 is 0 Å². The van der Waals surface area contributed by atoms with Crippen LogP contribution in [0.2, 0.25) is 0 Å². The minimum Gasteiger partial charge on any atom is -0.481 e. The van der Waals surface area contributed by atoms with Gasteiger partial charge in [-0.2, -0.15) is 13.2 Å². The van der Waals surface area contributed by atoms with Crippen LogP contribution in [0.25, 0.3) is 11.1 Å². The van der Waals surface area contributed by atoms with Crippen LogP contribution in [0, 0.1) is 11.8 Å². The maximum absolute atomic E-state index is 12.8. The highest BCUT2D eigenvalue weighted by Gasteiger charge is 2.45. The van der Waals surface area contributed by atoms with Gasteiger partial charge in [-0.1, -0.05) is 62.4 Å². The quantitative estimate of drug-likeness (QED) is 0.533. The molecule has 7 nitrogen and oxygen atoms in total. The number of hydrogen-bond donors (Lipinski definition) is 3. The van der Waals surface area contributed by atoms with Crippen LogP contribution in [-0.2, 0) is 14.3 Å². The summed E-state index contributed by atoms with van der Waals surface area (Å²) in [6, 6.07) is 14.3. The lowest BCUT2D eigenvalue weighted by atomic mass is 9.98. The zero-order valence-electron chi connectivity index (χ0n) is 18.6. The molecule has 0 spiro atoms. The van der Waals surface area contributed by atoms with Gasteiger partial charge in [0.2, 0.25) is 5.91 Å². The van der Waals surface area contributed by atoms with Gasteiger partial charge in [0.05, 0.1) is 0 Å². The lowest BCUT2D eigenvalue weighted by Crippen LogP contribution is -2.52. The van der Waals surface area contributed by atoms with Crippen LogP contribution < -0.4 is 10.6 Å². The van der Waals surface area contributed by atoms with E-state index in [9.17, 15) is 27.6 Å². The third kappa shape index (κ3) is 5.49. The SMILES string of the molecule is CC(C)C(NC(=O)OCC1c2ccccc2-c2ccccc21)C(=O)NCC(C(=O)O)C(F)(F)F. The molecule has 34 heavy (non-hydrogen) atoms. The van der Waals surface area contributed by atoms with Gasteiger partial charge in [0.25, 0.3) is 0 Å². The van der Waals surface area contributed by atoms with Crippen LogP contribution in [0.15, 0.2) is 48.5 Å². The Morgan fingerprint density at radius 2 is 1.53 bits per heavy atom. The molecule has 0 heterocycles. The minimum absolute atomic E-state index is 0.00144. The monoisotopic (exact) mass is 478 g/mol. The van der Waals surface area contributed by atoms with E-state index in [0.29, 0.717) is 0 Å². The van der Waals surface area contributed by atoms with Crippen molar-refractivity contribution in [3.63, 3.8) is 0 Å². The fourth-order valence-corrected chi connectivity index (χ4v) is 3.96. The number of alkyl carbamates (subject to hydrolysis) is 1. The molecule has 2 amide bonds. The van der Waals surface area contributed by atoms with Gasteiger partial charge >= 0.3 is 18.2 Å². The van der Waals surface area contributed by atoms with Crippen LogP contribution >= 0.6 is 0 Å². The number of alkyl halides is 3. The highest BCUT2D eigenvalue weighted by molar-refractivity contribution is 5.86. The van der Waals surface area contributed by atoms with Crippen molar-refractivity contribution in [1.82, 2.24) is 10.6 Å². The number of carbonyl (C=O) groups is 3. The van der Waals surface area contributed by atoms with E-state index in [0.717, 1.165) is 22.3 Å². The Morgan fingerprint density at radius 1 is 1.00 bits per heavy atom. The normalized spacial score (nSPS) is 14.6. The summed E-state index contributed by atoms with van der Waals surface area (Å²) in [4.78, 5) is 35.7. The summed E-state index contributed by atoms with van der Waals surface area (Å²) >= 11 is 0. The Hall–Kier alpha value is -3.56. The fourth-order valence-electron chi connectivity index (χ4n) is 3.96. The molecule has 2 unspecified atom stereocenters. The molecule has 2 aromatic rings. The summed E-state index contributed by atoms with van der Waals surface area (Å²) in [5, 5.41) is 13.1. The van der Waals surface area contributed by atoms with E-state index in [1.165, 1.54) is 0 Å². The average molecular weight is 478 g/mol. The number of carboxylic acid groups (broad SMARTS) is 1.